The summed E-state index contributed by atoms with van der Waals surface area (Å²) in [5.74, 6) is 1.28. The van der Waals surface area contributed by atoms with E-state index in [1.54, 1.807) is 0 Å². The summed E-state index contributed by atoms with van der Waals surface area (Å²) in [6.45, 7) is 12.0. The van der Waals surface area contributed by atoms with Crippen LogP contribution >= 0.6 is 0 Å². The minimum absolute atomic E-state index is 0.0196. The normalized spacial score (nSPS) is 14.9. The standard InChI is InChI=1S/C18H32N2O/c1-15(2)12-20(13-16(3)4)11-10-18(19,14-21)17-8-6-5-7-9-17/h5-9,15-16,21H,10-14,19H2,1-4H3. The summed E-state index contributed by atoms with van der Waals surface area (Å²) in [6, 6.07) is 9.95. The van der Waals surface area contributed by atoms with Gasteiger partial charge in [-0.15, -0.1) is 0 Å². The lowest BCUT2D eigenvalue weighted by Crippen LogP contribution is -2.44. The fraction of sp³-hybridized carbons (Fsp3) is 0.667. The van der Waals surface area contributed by atoms with Gasteiger partial charge in [-0.2, -0.15) is 0 Å². The molecule has 0 amide bonds. The Morgan fingerprint density at radius 1 is 1.05 bits per heavy atom. The number of hydrogen-bond donors (Lipinski definition) is 2. The van der Waals surface area contributed by atoms with Crippen molar-refractivity contribution in [2.24, 2.45) is 17.6 Å². The molecule has 21 heavy (non-hydrogen) atoms. The van der Waals surface area contributed by atoms with E-state index in [1.807, 2.05) is 30.3 Å². The molecular weight excluding hydrogens is 260 g/mol. The maximum Gasteiger partial charge on any atom is 0.0656 e. The van der Waals surface area contributed by atoms with Gasteiger partial charge in [-0.25, -0.2) is 0 Å². The molecule has 0 aliphatic rings. The SMILES string of the molecule is CC(C)CN(CCC(N)(CO)c1ccccc1)CC(C)C. The largest absolute Gasteiger partial charge is 0.394 e. The Kier molecular flexibility index (Phi) is 7.36. The average Bonchev–Trinajstić information content (AvgIpc) is 2.44. The van der Waals surface area contributed by atoms with Gasteiger partial charge in [-0.1, -0.05) is 58.0 Å². The van der Waals surface area contributed by atoms with Crippen LogP contribution in [0, 0.1) is 11.8 Å². The molecule has 3 nitrogen and oxygen atoms in total. The lowest BCUT2D eigenvalue weighted by molar-refractivity contribution is 0.150. The van der Waals surface area contributed by atoms with Crippen molar-refractivity contribution in [1.29, 1.82) is 0 Å². The van der Waals surface area contributed by atoms with Crippen molar-refractivity contribution in [3.8, 4) is 0 Å². The first-order chi connectivity index (χ1) is 9.87. The molecule has 0 saturated carbocycles. The number of hydrogen-bond acceptors (Lipinski definition) is 3. The fourth-order valence-electron chi connectivity index (χ4n) is 2.73. The van der Waals surface area contributed by atoms with Crippen molar-refractivity contribution in [1.82, 2.24) is 4.90 Å². The third-order valence-electron chi connectivity index (χ3n) is 3.75. The van der Waals surface area contributed by atoms with Crippen LogP contribution in [-0.4, -0.2) is 36.2 Å². The molecular formula is C18H32N2O. The van der Waals surface area contributed by atoms with Gasteiger partial charge in [-0.05, 0) is 23.8 Å². The molecule has 0 radical (unpaired) electrons. The highest BCUT2D eigenvalue weighted by Gasteiger charge is 2.27. The number of aliphatic hydroxyl groups is 1. The van der Waals surface area contributed by atoms with E-state index in [4.69, 9.17) is 5.73 Å². The number of aliphatic hydroxyl groups excluding tert-OH is 1. The highest BCUT2D eigenvalue weighted by atomic mass is 16.3. The van der Waals surface area contributed by atoms with E-state index in [9.17, 15) is 5.11 Å². The van der Waals surface area contributed by atoms with Crippen LogP contribution in [0.5, 0.6) is 0 Å². The van der Waals surface area contributed by atoms with Gasteiger partial charge in [0.25, 0.3) is 0 Å². The zero-order valence-electron chi connectivity index (χ0n) is 14.0. The van der Waals surface area contributed by atoms with Crippen LogP contribution < -0.4 is 5.73 Å². The Hall–Kier alpha value is -0.900. The van der Waals surface area contributed by atoms with Crippen LogP contribution in [0.2, 0.25) is 0 Å². The minimum Gasteiger partial charge on any atom is -0.394 e. The van der Waals surface area contributed by atoms with E-state index >= 15 is 0 Å². The highest BCUT2D eigenvalue weighted by Crippen LogP contribution is 2.22. The molecule has 0 aliphatic heterocycles. The molecule has 0 spiro atoms. The summed E-state index contributed by atoms with van der Waals surface area (Å²) >= 11 is 0. The molecule has 0 heterocycles. The topological polar surface area (TPSA) is 49.5 Å². The second kappa shape index (κ2) is 8.52. The van der Waals surface area contributed by atoms with Gasteiger partial charge in [0, 0.05) is 19.6 Å². The number of rotatable bonds is 9. The van der Waals surface area contributed by atoms with E-state index in [0.717, 1.165) is 31.6 Å². The molecule has 1 aromatic carbocycles. The molecule has 1 atom stereocenters. The molecule has 1 rings (SSSR count). The molecule has 3 N–H and O–H groups in total. The monoisotopic (exact) mass is 292 g/mol. The van der Waals surface area contributed by atoms with Crippen LogP contribution in [0.1, 0.15) is 39.7 Å². The number of benzene rings is 1. The third kappa shape index (κ3) is 6.16. The number of nitrogens with zero attached hydrogens (tertiary/aromatic N) is 1. The summed E-state index contributed by atoms with van der Waals surface area (Å²) in [6.07, 6.45) is 0.771. The minimum atomic E-state index is -0.645. The Balaban J connectivity index is 2.71. The van der Waals surface area contributed by atoms with Crippen molar-refractivity contribution in [2.45, 2.75) is 39.7 Å². The lowest BCUT2D eigenvalue weighted by Gasteiger charge is -2.33. The molecule has 1 aromatic rings. The van der Waals surface area contributed by atoms with Gasteiger partial charge >= 0.3 is 0 Å². The van der Waals surface area contributed by atoms with Crippen molar-refractivity contribution >= 4 is 0 Å². The summed E-state index contributed by atoms with van der Waals surface area (Å²) in [4.78, 5) is 2.47. The van der Waals surface area contributed by atoms with E-state index in [2.05, 4.69) is 32.6 Å². The Bertz CT molecular complexity index is 381. The number of nitrogens with two attached hydrogens (primary N) is 1. The first kappa shape index (κ1) is 18.1. The molecule has 0 bridgehead atoms. The van der Waals surface area contributed by atoms with Crippen LogP contribution in [0.3, 0.4) is 0 Å². The Morgan fingerprint density at radius 3 is 2.00 bits per heavy atom. The molecule has 120 valence electrons. The average molecular weight is 292 g/mol. The molecule has 0 aromatic heterocycles. The zero-order valence-corrected chi connectivity index (χ0v) is 14.0. The molecule has 0 fully saturated rings. The first-order valence-electron chi connectivity index (χ1n) is 8.05. The lowest BCUT2D eigenvalue weighted by atomic mass is 9.88. The summed E-state index contributed by atoms with van der Waals surface area (Å²) in [7, 11) is 0. The smallest absolute Gasteiger partial charge is 0.0656 e. The molecule has 0 aliphatic carbocycles. The molecule has 0 saturated heterocycles. The van der Waals surface area contributed by atoms with Gasteiger partial charge in [-0.3, -0.25) is 0 Å². The maximum atomic E-state index is 9.77. The van der Waals surface area contributed by atoms with Crippen LogP contribution in [-0.2, 0) is 5.54 Å². The molecule has 3 heteroatoms. The quantitative estimate of drug-likeness (QED) is 0.736. The third-order valence-corrected chi connectivity index (χ3v) is 3.75. The van der Waals surface area contributed by atoms with E-state index in [1.165, 1.54) is 0 Å². The van der Waals surface area contributed by atoms with Crippen molar-refractivity contribution in [3.63, 3.8) is 0 Å². The fourth-order valence-corrected chi connectivity index (χ4v) is 2.73. The van der Waals surface area contributed by atoms with Gasteiger partial charge in [0.1, 0.15) is 0 Å². The van der Waals surface area contributed by atoms with Crippen molar-refractivity contribution < 1.29 is 5.11 Å². The molecule has 1 unspecified atom stereocenters. The van der Waals surface area contributed by atoms with Gasteiger partial charge < -0.3 is 15.7 Å². The summed E-state index contributed by atoms with van der Waals surface area (Å²) in [5.41, 5.74) is 6.82. The first-order valence-corrected chi connectivity index (χ1v) is 8.05. The summed E-state index contributed by atoms with van der Waals surface area (Å²) in [5, 5.41) is 9.77. The Labute approximate surface area is 130 Å². The second-order valence-electron chi connectivity index (χ2n) is 6.98. The predicted molar refractivity (Wildman–Crippen MR) is 90.1 cm³/mol. The zero-order chi connectivity index (χ0) is 15.9. The van der Waals surface area contributed by atoms with Gasteiger partial charge in [0.2, 0.25) is 0 Å². The van der Waals surface area contributed by atoms with Crippen LogP contribution in [0.25, 0.3) is 0 Å². The van der Waals surface area contributed by atoms with E-state index in [0.29, 0.717) is 11.8 Å². The van der Waals surface area contributed by atoms with Crippen LogP contribution in [0.4, 0.5) is 0 Å². The highest BCUT2D eigenvalue weighted by molar-refractivity contribution is 5.24. The Morgan fingerprint density at radius 2 is 1.57 bits per heavy atom. The second-order valence-corrected chi connectivity index (χ2v) is 6.98. The van der Waals surface area contributed by atoms with E-state index in [-0.39, 0.29) is 6.61 Å². The van der Waals surface area contributed by atoms with E-state index < -0.39 is 5.54 Å². The predicted octanol–water partition coefficient (Wildman–Crippen LogP) is 2.84. The van der Waals surface area contributed by atoms with Gasteiger partial charge in [0.15, 0.2) is 0 Å². The maximum absolute atomic E-state index is 9.77. The van der Waals surface area contributed by atoms with Crippen LogP contribution in [0.15, 0.2) is 30.3 Å². The van der Waals surface area contributed by atoms with Crippen molar-refractivity contribution in [3.05, 3.63) is 35.9 Å². The van der Waals surface area contributed by atoms with Crippen molar-refractivity contribution in [2.75, 3.05) is 26.2 Å². The summed E-state index contributed by atoms with van der Waals surface area (Å²) < 4.78 is 0. The van der Waals surface area contributed by atoms with Gasteiger partial charge in [0.05, 0.1) is 12.1 Å².